The summed E-state index contributed by atoms with van der Waals surface area (Å²) in [6.45, 7) is 1.29. The van der Waals surface area contributed by atoms with Gasteiger partial charge in [0, 0.05) is 7.05 Å². The summed E-state index contributed by atoms with van der Waals surface area (Å²) in [4.78, 5) is 10.5. The molecule has 18 heavy (non-hydrogen) atoms. The second kappa shape index (κ2) is 5.07. The van der Waals surface area contributed by atoms with Crippen LogP contribution in [0.15, 0.2) is 29.4 Å². The minimum Gasteiger partial charge on any atom is -0.477 e. The number of aliphatic carboxylic acids is 1. The van der Waals surface area contributed by atoms with Crippen LogP contribution in [0.1, 0.15) is 12.5 Å². The molecular weight excluding hydrogens is 249 g/mol. The van der Waals surface area contributed by atoms with Crippen LogP contribution < -0.4 is 5.01 Å². The Kier molecular flexibility index (Phi) is 3.95. The lowest BCUT2D eigenvalue weighted by Crippen LogP contribution is -2.17. The highest BCUT2D eigenvalue weighted by atomic mass is 19.4. The van der Waals surface area contributed by atoms with Crippen LogP contribution in [0, 0.1) is 0 Å². The number of nitrogens with zero attached hydrogens (tertiary/aromatic N) is 2. The van der Waals surface area contributed by atoms with Gasteiger partial charge in [0.05, 0.1) is 11.3 Å². The average Bonchev–Trinajstić information content (AvgIpc) is 2.27. The van der Waals surface area contributed by atoms with Crippen LogP contribution >= 0.6 is 0 Å². The molecule has 0 bridgehead atoms. The monoisotopic (exact) mass is 260 g/mol. The molecule has 1 aromatic rings. The number of hydrogen-bond acceptors (Lipinski definition) is 3. The lowest BCUT2D eigenvalue weighted by atomic mass is 10.2. The van der Waals surface area contributed by atoms with Gasteiger partial charge in [-0.25, -0.2) is 4.79 Å². The fourth-order valence-corrected chi connectivity index (χ4v) is 1.19. The Labute approximate surface area is 101 Å². The van der Waals surface area contributed by atoms with Crippen LogP contribution in [0.5, 0.6) is 0 Å². The molecule has 0 aromatic heterocycles. The van der Waals surface area contributed by atoms with Gasteiger partial charge in [-0.3, -0.25) is 5.01 Å². The summed E-state index contributed by atoms with van der Waals surface area (Å²) in [5, 5.41) is 13.5. The SMILES string of the molecule is CC(=NN(C)c1ccc(C(F)(F)F)cc1)C(=O)O. The quantitative estimate of drug-likeness (QED) is 0.671. The van der Waals surface area contributed by atoms with E-state index in [9.17, 15) is 18.0 Å². The number of rotatable bonds is 3. The molecule has 0 amide bonds. The Morgan fingerprint density at radius 3 is 2.17 bits per heavy atom. The highest BCUT2D eigenvalue weighted by molar-refractivity contribution is 6.34. The number of carbonyl (C=O) groups is 1. The highest BCUT2D eigenvalue weighted by Crippen LogP contribution is 2.30. The second-order valence-electron chi connectivity index (χ2n) is 3.56. The van der Waals surface area contributed by atoms with E-state index < -0.39 is 17.7 Å². The second-order valence-corrected chi connectivity index (χ2v) is 3.56. The Balaban J connectivity index is 2.93. The molecule has 0 atom stereocenters. The normalized spacial score (nSPS) is 12.4. The van der Waals surface area contributed by atoms with Crippen molar-refractivity contribution in [1.29, 1.82) is 0 Å². The largest absolute Gasteiger partial charge is 0.477 e. The van der Waals surface area contributed by atoms with Crippen LogP contribution in [0.2, 0.25) is 0 Å². The molecule has 7 heteroatoms. The van der Waals surface area contributed by atoms with Crippen molar-refractivity contribution in [1.82, 2.24) is 0 Å². The molecule has 1 rings (SSSR count). The number of carboxylic acids is 1. The van der Waals surface area contributed by atoms with Crippen molar-refractivity contribution in [3.05, 3.63) is 29.8 Å². The van der Waals surface area contributed by atoms with Gasteiger partial charge in [0.15, 0.2) is 0 Å². The maximum Gasteiger partial charge on any atom is 0.416 e. The zero-order valence-corrected chi connectivity index (χ0v) is 9.69. The Morgan fingerprint density at radius 2 is 1.78 bits per heavy atom. The predicted molar refractivity (Wildman–Crippen MR) is 60.6 cm³/mol. The third-order valence-electron chi connectivity index (χ3n) is 2.18. The molecule has 98 valence electrons. The van der Waals surface area contributed by atoms with E-state index in [2.05, 4.69) is 5.10 Å². The van der Waals surface area contributed by atoms with Crippen molar-refractivity contribution in [3.63, 3.8) is 0 Å². The molecule has 0 radical (unpaired) electrons. The van der Waals surface area contributed by atoms with E-state index in [1.807, 2.05) is 0 Å². The molecule has 0 unspecified atom stereocenters. The number of halogens is 3. The zero-order chi connectivity index (χ0) is 13.9. The summed E-state index contributed by atoms with van der Waals surface area (Å²) in [6.07, 6.45) is -4.39. The first-order valence-electron chi connectivity index (χ1n) is 4.91. The summed E-state index contributed by atoms with van der Waals surface area (Å²) in [5.41, 5.74) is -0.556. The summed E-state index contributed by atoms with van der Waals surface area (Å²) in [6, 6.07) is 4.28. The number of anilines is 1. The maximum atomic E-state index is 12.3. The van der Waals surface area contributed by atoms with Crippen molar-refractivity contribution in [3.8, 4) is 0 Å². The molecule has 1 N–H and O–H groups in total. The summed E-state index contributed by atoms with van der Waals surface area (Å²) in [5.74, 6) is -1.19. The molecule has 0 aliphatic rings. The third-order valence-corrected chi connectivity index (χ3v) is 2.18. The average molecular weight is 260 g/mol. The molecular formula is C11H11F3N2O2. The van der Waals surface area contributed by atoms with E-state index in [1.54, 1.807) is 0 Å². The molecule has 0 heterocycles. The Bertz CT molecular complexity index is 466. The molecule has 0 saturated heterocycles. The number of hydrazone groups is 1. The van der Waals surface area contributed by atoms with Gasteiger partial charge in [-0.2, -0.15) is 18.3 Å². The molecule has 0 saturated carbocycles. The lowest BCUT2D eigenvalue weighted by Gasteiger charge is -2.14. The van der Waals surface area contributed by atoms with E-state index >= 15 is 0 Å². The van der Waals surface area contributed by atoms with Gasteiger partial charge in [-0.15, -0.1) is 0 Å². The fraction of sp³-hybridized carbons (Fsp3) is 0.273. The first kappa shape index (κ1) is 14.0. The van der Waals surface area contributed by atoms with E-state index in [1.165, 1.54) is 31.1 Å². The van der Waals surface area contributed by atoms with Gasteiger partial charge < -0.3 is 5.11 Å². The van der Waals surface area contributed by atoms with Crippen molar-refractivity contribution < 1.29 is 23.1 Å². The zero-order valence-electron chi connectivity index (χ0n) is 9.69. The van der Waals surface area contributed by atoms with Gasteiger partial charge >= 0.3 is 12.1 Å². The number of benzene rings is 1. The highest BCUT2D eigenvalue weighted by Gasteiger charge is 2.30. The summed E-state index contributed by atoms with van der Waals surface area (Å²) >= 11 is 0. The number of carboxylic acid groups (broad SMARTS) is 1. The molecule has 0 aliphatic carbocycles. The standard InChI is InChI=1S/C11H11F3N2O2/c1-7(10(17)18)15-16(2)9-5-3-8(4-6-9)11(12,13)14/h3-6H,1-2H3,(H,17,18). The van der Waals surface area contributed by atoms with Crippen LogP contribution in [-0.2, 0) is 11.0 Å². The van der Waals surface area contributed by atoms with E-state index in [-0.39, 0.29) is 5.71 Å². The first-order valence-corrected chi connectivity index (χ1v) is 4.91. The Hall–Kier alpha value is -2.05. The van der Waals surface area contributed by atoms with Gasteiger partial charge in [0.25, 0.3) is 0 Å². The maximum absolute atomic E-state index is 12.3. The summed E-state index contributed by atoms with van der Waals surface area (Å²) in [7, 11) is 1.45. The molecule has 0 fully saturated rings. The fourth-order valence-electron chi connectivity index (χ4n) is 1.19. The minimum atomic E-state index is -4.39. The minimum absolute atomic E-state index is 0.155. The molecule has 0 spiro atoms. The van der Waals surface area contributed by atoms with Gasteiger partial charge in [-0.05, 0) is 31.2 Å². The van der Waals surface area contributed by atoms with Gasteiger partial charge in [0.2, 0.25) is 0 Å². The number of alkyl halides is 3. The lowest BCUT2D eigenvalue weighted by molar-refractivity contribution is -0.137. The summed E-state index contributed by atoms with van der Waals surface area (Å²) < 4.78 is 37.0. The smallest absolute Gasteiger partial charge is 0.416 e. The van der Waals surface area contributed by atoms with Crippen molar-refractivity contribution in [2.24, 2.45) is 5.10 Å². The van der Waals surface area contributed by atoms with E-state index in [4.69, 9.17) is 5.11 Å². The van der Waals surface area contributed by atoms with Crippen molar-refractivity contribution in [2.45, 2.75) is 13.1 Å². The third kappa shape index (κ3) is 3.47. The Morgan fingerprint density at radius 1 is 1.28 bits per heavy atom. The molecule has 4 nitrogen and oxygen atoms in total. The molecule has 0 aliphatic heterocycles. The predicted octanol–water partition coefficient (Wildman–Crippen LogP) is 2.60. The van der Waals surface area contributed by atoms with Gasteiger partial charge in [-0.1, -0.05) is 0 Å². The molecule has 1 aromatic carbocycles. The van der Waals surface area contributed by atoms with Crippen molar-refractivity contribution in [2.75, 3.05) is 12.1 Å². The topological polar surface area (TPSA) is 52.9 Å². The van der Waals surface area contributed by atoms with Crippen molar-refractivity contribution >= 4 is 17.4 Å². The van der Waals surface area contributed by atoms with E-state index in [0.29, 0.717) is 5.69 Å². The van der Waals surface area contributed by atoms with Gasteiger partial charge in [0.1, 0.15) is 5.71 Å². The van der Waals surface area contributed by atoms with E-state index in [0.717, 1.165) is 12.1 Å². The number of hydrogen-bond donors (Lipinski definition) is 1. The van der Waals surface area contributed by atoms with Crippen LogP contribution in [-0.4, -0.2) is 23.8 Å². The van der Waals surface area contributed by atoms with Crippen LogP contribution in [0.4, 0.5) is 18.9 Å². The van der Waals surface area contributed by atoms with Crippen LogP contribution in [0.3, 0.4) is 0 Å². The van der Waals surface area contributed by atoms with Crippen LogP contribution in [0.25, 0.3) is 0 Å². The first-order chi connectivity index (χ1) is 8.21.